The van der Waals surface area contributed by atoms with Gasteiger partial charge in [-0.3, -0.25) is 9.59 Å². The standard InChI is InChI=1S/C11H11BrN2O5/c12-5-2-1-3-6(9(5)10(13)17)14-7(11(18)19)4-8(15)16/h1-3,7,14H,4H2,(H2,13,17)(H,15,16)(H,18,19). The molecular weight excluding hydrogens is 320 g/mol. The molecule has 0 aliphatic carbocycles. The SMILES string of the molecule is NC(=O)c1c(Br)cccc1NC(CC(=O)O)C(=O)O. The average molecular weight is 331 g/mol. The minimum atomic E-state index is -1.36. The van der Waals surface area contributed by atoms with Gasteiger partial charge in [-0.25, -0.2) is 4.79 Å². The topological polar surface area (TPSA) is 130 Å². The predicted octanol–water partition coefficient (Wildman–Crippen LogP) is 0.888. The van der Waals surface area contributed by atoms with Gasteiger partial charge < -0.3 is 21.3 Å². The van der Waals surface area contributed by atoms with Gasteiger partial charge in [0, 0.05) is 10.2 Å². The second kappa shape index (κ2) is 6.19. The van der Waals surface area contributed by atoms with E-state index >= 15 is 0 Å². The summed E-state index contributed by atoms with van der Waals surface area (Å²) in [7, 11) is 0. The molecule has 7 nitrogen and oxygen atoms in total. The van der Waals surface area contributed by atoms with E-state index in [0.29, 0.717) is 4.47 Å². The molecule has 0 aliphatic rings. The highest BCUT2D eigenvalue weighted by atomic mass is 79.9. The van der Waals surface area contributed by atoms with E-state index in [4.69, 9.17) is 15.9 Å². The molecule has 0 aliphatic heterocycles. The normalized spacial score (nSPS) is 11.6. The highest BCUT2D eigenvalue weighted by molar-refractivity contribution is 9.10. The smallest absolute Gasteiger partial charge is 0.326 e. The molecule has 1 amide bonds. The van der Waals surface area contributed by atoms with Gasteiger partial charge in [0.25, 0.3) is 5.91 Å². The first-order chi connectivity index (χ1) is 8.82. The minimum Gasteiger partial charge on any atom is -0.481 e. The van der Waals surface area contributed by atoms with Crippen LogP contribution in [0.3, 0.4) is 0 Å². The van der Waals surface area contributed by atoms with Crippen molar-refractivity contribution in [1.29, 1.82) is 0 Å². The molecule has 1 aromatic carbocycles. The second-order valence-electron chi connectivity index (χ2n) is 3.66. The van der Waals surface area contributed by atoms with Gasteiger partial charge in [-0.05, 0) is 28.1 Å². The molecule has 0 aromatic heterocycles. The summed E-state index contributed by atoms with van der Waals surface area (Å²) in [6, 6.07) is 3.23. The number of primary amides is 1. The van der Waals surface area contributed by atoms with Crippen LogP contribution in [0.15, 0.2) is 22.7 Å². The Labute approximate surface area is 116 Å². The number of benzene rings is 1. The fourth-order valence-corrected chi connectivity index (χ4v) is 2.02. The van der Waals surface area contributed by atoms with Crippen LogP contribution in [0.5, 0.6) is 0 Å². The van der Waals surface area contributed by atoms with Crippen molar-refractivity contribution < 1.29 is 24.6 Å². The maximum atomic E-state index is 11.3. The van der Waals surface area contributed by atoms with Crippen LogP contribution in [0.4, 0.5) is 5.69 Å². The summed E-state index contributed by atoms with van der Waals surface area (Å²) in [6.45, 7) is 0. The highest BCUT2D eigenvalue weighted by Crippen LogP contribution is 2.25. The zero-order valence-corrected chi connectivity index (χ0v) is 11.2. The first-order valence-electron chi connectivity index (χ1n) is 5.12. The summed E-state index contributed by atoms with van der Waals surface area (Å²) in [5.41, 5.74) is 5.43. The number of aliphatic carboxylic acids is 2. The van der Waals surface area contributed by atoms with Gasteiger partial charge in [-0.15, -0.1) is 0 Å². The number of anilines is 1. The number of carboxylic acid groups (broad SMARTS) is 2. The number of nitrogens with one attached hydrogen (secondary N) is 1. The van der Waals surface area contributed by atoms with Crippen LogP contribution in [0.25, 0.3) is 0 Å². The molecule has 1 aromatic rings. The molecule has 0 saturated heterocycles. The van der Waals surface area contributed by atoms with E-state index in [9.17, 15) is 14.4 Å². The summed E-state index contributed by atoms with van der Waals surface area (Å²) in [5, 5.41) is 20.1. The van der Waals surface area contributed by atoms with Crippen molar-refractivity contribution in [2.24, 2.45) is 5.73 Å². The summed E-state index contributed by atoms with van der Waals surface area (Å²) >= 11 is 3.12. The van der Waals surface area contributed by atoms with E-state index in [0.717, 1.165) is 0 Å². The number of rotatable bonds is 6. The number of amides is 1. The molecule has 1 atom stereocenters. The van der Waals surface area contributed by atoms with E-state index in [1.54, 1.807) is 12.1 Å². The summed E-state index contributed by atoms with van der Waals surface area (Å²) in [5.74, 6) is -3.36. The molecule has 0 spiro atoms. The summed E-state index contributed by atoms with van der Waals surface area (Å²) in [6.07, 6.45) is -0.625. The van der Waals surface area contributed by atoms with Gasteiger partial charge in [-0.2, -0.15) is 0 Å². The molecular formula is C11H11BrN2O5. The molecule has 8 heteroatoms. The van der Waals surface area contributed by atoms with E-state index < -0.39 is 30.3 Å². The predicted molar refractivity (Wildman–Crippen MR) is 70.0 cm³/mol. The third-order valence-corrected chi connectivity index (χ3v) is 2.93. The molecule has 0 bridgehead atoms. The van der Waals surface area contributed by atoms with Crippen LogP contribution < -0.4 is 11.1 Å². The van der Waals surface area contributed by atoms with Gasteiger partial charge in [0.15, 0.2) is 0 Å². The number of hydrogen-bond acceptors (Lipinski definition) is 4. The average Bonchev–Trinajstić information content (AvgIpc) is 2.26. The summed E-state index contributed by atoms with van der Waals surface area (Å²) in [4.78, 5) is 32.8. The molecule has 0 saturated carbocycles. The Morgan fingerprint density at radius 1 is 1.32 bits per heavy atom. The van der Waals surface area contributed by atoms with E-state index in [1.165, 1.54) is 6.07 Å². The maximum Gasteiger partial charge on any atom is 0.326 e. The molecule has 0 radical (unpaired) electrons. The van der Waals surface area contributed by atoms with Crippen molar-refractivity contribution in [3.8, 4) is 0 Å². The Morgan fingerprint density at radius 2 is 1.95 bits per heavy atom. The van der Waals surface area contributed by atoms with Crippen LogP contribution in [0.1, 0.15) is 16.8 Å². The van der Waals surface area contributed by atoms with Crippen molar-refractivity contribution in [2.75, 3.05) is 5.32 Å². The zero-order chi connectivity index (χ0) is 14.6. The van der Waals surface area contributed by atoms with Crippen molar-refractivity contribution in [3.05, 3.63) is 28.2 Å². The fraction of sp³-hybridized carbons (Fsp3) is 0.182. The van der Waals surface area contributed by atoms with Gasteiger partial charge in [-0.1, -0.05) is 6.07 Å². The number of carbonyl (C=O) groups is 3. The third kappa shape index (κ3) is 3.95. The molecule has 102 valence electrons. The second-order valence-corrected chi connectivity index (χ2v) is 4.51. The lowest BCUT2D eigenvalue weighted by atomic mass is 10.1. The van der Waals surface area contributed by atoms with Crippen LogP contribution in [0.2, 0.25) is 0 Å². The number of halogens is 1. The highest BCUT2D eigenvalue weighted by Gasteiger charge is 2.23. The number of carbonyl (C=O) groups excluding carboxylic acids is 1. The van der Waals surface area contributed by atoms with Crippen molar-refractivity contribution >= 4 is 39.5 Å². The van der Waals surface area contributed by atoms with Gasteiger partial charge >= 0.3 is 11.9 Å². The van der Waals surface area contributed by atoms with Gasteiger partial charge in [0.05, 0.1) is 12.0 Å². The van der Waals surface area contributed by atoms with Crippen molar-refractivity contribution in [2.45, 2.75) is 12.5 Å². The van der Waals surface area contributed by atoms with E-state index in [-0.39, 0.29) is 11.3 Å². The van der Waals surface area contributed by atoms with Crippen LogP contribution in [-0.4, -0.2) is 34.1 Å². The van der Waals surface area contributed by atoms with Gasteiger partial charge in [0.1, 0.15) is 6.04 Å². The number of nitrogens with two attached hydrogens (primary N) is 1. The first kappa shape index (κ1) is 15.0. The van der Waals surface area contributed by atoms with Crippen LogP contribution >= 0.6 is 15.9 Å². The maximum absolute atomic E-state index is 11.3. The van der Waals surface area contributed by atoms with E-state index in [2.05, 4.69) is 21.2 Å². The third-order valence-electron chi connectivity index (χ3n) is 2.27. The fourth-order valence-electron chi connectivity index (χ4n) is 1.46. The van der Waals surface area contributed by atoms with Gasteiger partial charge in [0.2, 0.25) is 0 Å². The Kier molecular flexibility index (Phi) is 4.87. The lowest BCUT2D eigenvalue weighted by Crippen LogP contribution is -2.32. The quantitative estimate of drug-likeness (QED) is 0.612. The molecule has 1 unspecified atom stereocenters. The first-order valence-corrected chi connectivity index (χ1v) is 5.91. The Morgan fingerprint density at radius 3 is 2.42 bits per heavy atom. The minimum absolute atomic E-state index is 0.0686. The van der Waals surface area contributed by atoms with Crippen molar-refractivity contribution in [3.63, 3.8) is 0 Å². The number of carboxylic acids is 2. The monoisotopic (exact) mass is 330 g/mol. The largest absolute Gasteiger partial charge is 0.481 e. The molecule has 19 heavy (non-hydrogen) atoms. The lowest BCUT2D eigenvalue weighted by molar-refractivity contribution is -0.144. The van der Waals surface area contributed by atoms with E-state index in [1.807, 2.05) is 0 Å². The van der Waals surface area contributed by atoms with Crippen LogP contribution in [-0.2, 0) is 9.59 Å². The molecule has 0 heterocycles. The molecule has 5 N–H and O–H groups in total. The Bertz CT molecular complexity index is 532. The Balaban J connectivity index is 3.09. The number of hydrogen-bond donors (Lipinski definition) is 4. The Hall–Kier alpha value is -2.09. The molecule has 1 rings (SSSR count). The summed E-state index contributed by atoms with van der Waals surface area (Å²) < 4.78 is 0.393. The molecule has 0 fully saturated rings. The zero-order valence-electron chi connectivity index (χ0n) is 9.59. The van der Waals surface area contributed by atoms with Crippen LogP contribution in [0, 0.1) is 0 Å². The van der Waals surface area contributed by atoms with Crippen molar-refractivity contribution in [1.82, 2.24) is 0 Å². The lowest BCUT2D eigenvalue weighted by Gasteiger charge is -2.16.